The first-order chi connectivity index (χ1) is 34.0. The lowest BCUT2D eigenvalue weighted by Gasteiger charge is -2.23. The van der Waals surface area contributed by atoms with Crippen molar-refractivity contribution in [2.24, 2.45) is 0 Å². The lowest BCUT2D eigenvalue weighted by Crippen LogP contribution is -2.11. The fourth-order valence-corrected chi connectivity index (χ4v) is 11.6. The van der Waals surface area contributed by atoms with Gasteiger partial charge in [0.05, 0.1) is 16.7 Å². The molecule has 0 aromatic heterocycles. The summed E-state index contributed by atoms with van der Waals surface area (Å²) in [6, 6.07) is 52.2. The highest BCUT2D eigenvalue weighted by molar-refractivity contribution is 6.35. The van der Waals surface area contributed by atoms with E-state index in [2.05, 4.69) is 36.4 Å². The Morgan fingerprint density at radius 2 is 0.592 bits per heavy atom. The molecule has 0 aliphatic heterocycles. The molecule has 0 saturated heterocycles. The molecule has 0 atom stereocenters. The van der Waals surface area contributed by atoms with Crippen LogP contribution in [0.4, 0.5) is 39.5 Å². The maximum atomic E-state index is 14.9. The van der Waals surface area contributed by atoms with Crippen molar-refractivity contribution in [2.75, 3.05) is 0 Å². The zero-order valence-corrected chi connectivity index (χ0v) is 37.2. The van der Waals surface area contributed by atoms with Gasteiger partial charge in [-0.1, -0.05) is 140 Å². The molecule has 71 heavy (non-hydrogen) atoms. The van der Waals surface area contributed by atoms with Gasteiger partial charge in [-0.15, -0.1) is 0 Å². The SMILES string of the molecule is Cc1cc(-c2c3c(c(-c4cc(C(F)(F)F)cc(C(F)(F)F)c4)c4cc5ccccc5cc24)-c2ccc4c5c(ccc-3c25)-c2c-4c(-c3ccccc3)c3ccccc3c2-c2ccccc2)cc(C(F)(F)F)c1. The zero-order valence-electron chi connectivity index (χ0n) is 37.2. The van der Waals surface area contributed by atoms with Crippen molar-refractivity contribution in [3.8, 4) is 89.0 Å². The number of hydrogen-bond acceptors (Lipinski definition) is 0. The molecule has 0 N–H and O–H groups in total. The van der Waals surface area contributed by atoms with E-state index in [0.29, 0.717) is 54.9 Å². The summed E-state index contributed by atoms with van der Waals surface area (Å²) < 4.78 is 134. The minimum Gasteiger partial charge on any atom is -0.166 e. The third-order valence-electron chi connectivity index (χ3n) is 14.3. The Balaban J connectivity index is 1.24. The molecule has 0 radical (unpaired) electrons. The van der Waals surface area contributed by atoms with Gasteiger partial charge >= 0.3 is 18.5 Å². The minimum absolute atomic E-state index is 0.106. The summed E-state index contributed by atoms with van der Waals surface area (Å²) in [4.78, 5) is 0. The Labute approximate surface area is 399 Å². The lowest BCUT2D eigenvalue weighted by molar-refractivity contribution is -0.143. The third-order valence-corrected chi connectivity index (χ3v) is 14.3. The molecular weight excluding hydrogens is 916 g/mol. The van der Waals surface area contributed by atoms with Gasteiger partial charge in [0, 0.05) is 0 Å². The van der Waals surface area contributed by atoms with Crippen LogP contribution in [0.1, 0.15) is 22.3 Å². The molecule has 11 aromatic rings. The van der Waals surface area contributed by atoms with Crippen LogP contribution in [0.5, 0.6) is 0 Å². The normalized spacial score (nSPS) is 12.9. The van der Waals surface area contributed by atoms with Crippen LogP contribution in [-0.2, 0) is 18.5 Å². The van der Waals surface area contributed by atoms with Crippen LogP contribution < -0.4 is 0 Å². The molecule has 0 heterocycles. The van der Waals surface area contributed by atoms with Crippen LogP contribution in [0.3, 0.4) is 0 Å². The van der Waals surface area contributed by atoms with E-state index in [1.54, 1.807) is 43.3 Å². The van der Waals surface area contributed by atoms with E-state index < -0.39 is 35.2 Å². The third kappa shape index (κ3) is 6.41. The molecule has 0 fully saturated rings. The molecule has 0 saturated carbocycles. The first-order valence-electron chi connectivity index (χ1n) is 22.9. The Morgan fingerprint density at radius 1 is 0.268 bits per heavy atom. The van der Waals surface area contributed by atoms with E-state index in [1.165, 1.54) is 0 Å². The van der Waals surface area contributed by atoms with Gasteiger partial charge in [0.2, 0.25) is 0 Å². The van der Waals surface area contributed by atoms with Gasteiger partial charge in [0.15, 0.2) is 0 Å². The van der Waals surface area contributed by atoms with Crippen LogP contribution in [0.2, 0.25) is 0 Å². The van der Waals surface area contributed by atoms with Gasteiger partial charge in [-0.2, -0.15) is 39.5 Å². The van der Waals surface area contributed by atoms with E-state index in [1.807, 2.05) is 78.9 Å². The maximum Gasteiger partial charge on any atom is 0.416 e. The average Bonchev–Trinajstić information content (AvgIpc) is 3.86. The summed E-state index contributed by atoms with van der Waals surface area (Å²) in [6.45, 7) is 1.57. The van der Waals surface area contributed by atoms with Crippen LogP contribution in [0.25, 0.3) is 132 Å². The van der Waals surface area contributed by atoms with Crippen LogP contribution in [0.15, 0.2) is 182 Å². The standard InChI is InChI=1S/C62H33F9/c1-32-24-37(26-39(25-32)60(63,64)65)52-48-29-35-16-8-9-17-36(35)30-49(48)53(38-27-40(61(66,67)68)31-41(28-38)62(69,70)71)59-47-23-21-45-54-44(20-22-46(55(47)54)58(52)59)56-50(33-12-4-2-5-13-33)42-18-10-11-19-43(42)51(57(45)56)34-14-6-3-7-15-34/h2-31H,1H3. The predicted molar refractivity (Wildman–Crippen MR) is 267 cm³/mol. The quantitative estimate of drug-likeness (QED) is 0.122. The van der Waals surface area contributed by atoms with Gasteiger partial charge in [-0.3, -0.25) is 0 Å². The van der Waals surface area contributed by atoms with E-state index >= 15 is 0 Å². The van der Waals surface area contributed by atoms with Gasteiger partial charge in [-0.25, -0.2) is 0 Å². The second-order valence-corrected chi connectivity index (χ2v) is 18.5. The largest absolute Gasteiger partial charge is 0.416 e. The molecular formula is C62H33F9. The molecule has 11 aromatic carbocycles. The monoisotopic (exact) mass is 948 g/mol. The molecule has 2 aliphatic carbocycles. The van der Waals surface area contributed by atoms with Gasteiger partial charge < -0.3 is 0 Å². The highest BCUT2D eigenvalue weighted by Gasteiger charge is 2.41. The topological polar surface area (TPSA) is 0 Å². The summed E-state index contributed by atoms with van der Waals surface area (Å²) in [5.41, 5.74) is 6.27. The summed E-state index contributed by atoms with van der Waals surface area (Å²) in [5.74, 6) is 0. The Bertz CT molecular complexity index is 3980. The minimum atomic E-state index is -5.16. The van der Waals surface area contributed by atoms with Crippen molar-refractivity contribution in [3.05, 3.63) is 204 Å². The molecule has 0 unspecified atom stereocenters. The summed E-state index contributed by atoms with van der Waals surface area (Å²) >= 11 is 0. The summed E-state index contributed by atoms with van der Waals surface area (Å²) in [6.07, 6.45) is -15.1. The number of rotatable bonds is 4. The fourth-order valence-electron chi connectivity index (χ4n) is 11.6. The fraction of sp³-hybridized carbons (Fsp3) is 0.0645. The number of halogens is 9. The zero-order chi connectivity index (χ0) is 48.9. The number of aryl methyl sites for hydroxylation is 1. The lowest BCUT2D eigenvalue weighted by atomic mass is 9.80. The van der Waals surface area contributed by atoms with Crippen molar-refractivity contribution >= 4 is 43.1 Å². The number of alkyl halides is 9. The second kappa shape index (κ2) is 14.9. The molecule has 2 aliphatic rings. The second-order valence-electron chi connectivity index (χ2n) is 18.5. The van der Waals surface area contributed by atoms with E-state index in [4.69, 9.17) is 0 Å². The van der Waals surface area contributed by atoms with E-state index in [0.717, 1.165) is 84.9 Å². The molecule has 344 valence electrons. The van der Waals surface area contributed by atoms with Crippen LogP contribution >= 0.6 is 0 Å². The molecule has 0 nitrogen and oxygen atoms in total. The van der Waals surface area contributed by atoms with Gasteiger partial charge in [-0.05, 0) is 187 Å². The predicted octanol–water partition coefficient (Wildman–Crippen LogP) is 19.6. The van der Waals surface area contributed by atoms with Crippen molar-refractivity contribution < 1.29 is 39.5 Å². The van der Waals surface area contributed by atoms with Crippen molar-refractivity contribution in [1.29, 1.82) is 0 Å². The Kier molecular flexibility index (Phi) is 9.01. The van der Waals surface area contributed by atoms with Crippen molar-refractivity contribution in [1.82, 2.24) is 0 Å². The average molecular weight is 949 g/mol. The highest BCUT2D eigenvalue weighted by atomic mass is 19.4. The summed E-state index contributed by atoms with van der Waals surface area (Å²) in [7, 11) is 0. The number of benzene rings is 11. The molecule has 0 bridgehead atoms. The van der Waals surface area contributed by atoms with Crippen LogP contribution in [-0.4, -0.2) is 0 Å². The first-order valence-corrected chi connectivity index (χ1v) is 22.9. The van der Waals surface area contributed by atoms with Crippen molar-refractivity contribution in [2.45, 2.75) is 25.5 Å². The Morgan fingerprint density at radius 3 is 0.972 bits per heavy atom. The molecule has 0 amide bonds. The Hall–Kier alpha value is -8.17. The smallest absolute Gasteiger partial charge is 0.166 e. The molecule has 9 heteroatoms. The first kappa shape index (κ1) is 42.9. The van der Waals surface area contributed by atoms with E-state index in [-0.39, 0.29) is 28.1 Å². The maximum absolute atomic E-state index is 14.9. The van der Waals surface area contributed by atoms with Crippen LogP contribution in [0, 0.1) is 6.92 Å². The van der Waals surface area contributed by atoms with Gasteiger partial charge in [0.1, 0.15) is 0 Å². The van der Waals surface area contributed by atoms with E-state index in [9.17, 15) is 39.5 Å². The molecule has 0 spiro atoms. The molecule has 13 rings (SSSR count). The van der Waals surface area contributed by atoms with Gasteiger partial charge in [0.25, 0.3) is 0 Å². The number of fused-ring (bicyclic) bond motifs is 9. The summed E-state index contributed by atoms with van der Waals surface area (Å²) in [5, 5.41) is 5.50. The van der Waals surface area contributed by atoms with Crippen molar-refractivity contribution in [3.63, 3.8) is 0 Å². The number of hydrogen-bond donors (Lipinski definition) is 0. The highest BCUT2D eigenvalue weighted by Crippen LogP contribution is 2.65.